The molecule has 0 aliphatic rings. The first-order valence-electron chi connectivity index (χ1n) is 11.1. The molecule has 0 atom stereocenters. The van der Waals surface area contributed by atoms with Gasteiger partial charge in [0.05, 0.1) is 0 Å². The van der Waals surface area contributed by atoms with Crippen molar-refractivity contribution in [2.75, 3.05) is 0 Å². The molecule has 6 nitrogen and oxygen atoms in total. The van der Waals surface area contributed by atoms with Gasteiger partial charge in [-0.1, -0.05) is 81.5 Å². The molecule has 0 radical (unpaired) electrons. The number of fused-ring (bicyclic) bond motifs is 1. The van der Waals surface area contributed by atoms with Crippen molar-refractivity contribution in [2.45, 2.75) is 52.0 Å². The van der Waals surface area contributed by atoms with Gasteiger partial charge in [-0.3, -0.25) is 4.98 Å². The number of benzene rings is 2. The molecule has 2 heterocycles. The Morgan fingerprint density at radius 1 is 0.909 bits per heavy atom. The lowest BCUT2D eigenvalue weighted by atomic mass is 9.79. The molecule has 170 valence electrons. The van der Waals surface area contributed by atoms with Crippen LogP contribution < -0.4 is 11.4 Å². The number of nitrogens with zero attached hydrogens (tertiary/aromatic N) is 3. The van der Waals surface area contributed by atoms with E-state index in [-0.39, 0.29) is 5.41 Å². The number of hydrogen-bond acceptors (Lipinski definition) is 3. The molecule has 4 aromatic rings. The summed E-state index contributed by atoms with van der Waals surface area (Å²) in [6, 6.07) is 16.8. The van der Waals surface area contributed by atoms with Gasteiger partial charge in [0, 0.05) is 17.9 Å². The Hall–Kier alpha value is -3.67. The molecule has 33 heavy (non-hydrogen) atoms. The van der Waals surface area contributed by atoms with Crippen LogP contribution in [0.25, 0.3) is 17.9 Å². The summed E-state index contributed by atoms with van der Waals surface area (Å²) in [4.78, 5) is 30.3. The van der Waals surface area contributed by atoms with Crippen LogP contribution in [0.15, 0.2) is 70.5 Å². The van der Waals surface area contributed by atoms with Crippen LogP contribution >= 0.6 is 0 Å². The van der Waals surface area contributed by atoms with Gasteiger partial charge in [-0.2, -0.15) is 4.98 Å². The molecule has 0 aliphatic heterocycles. The summed E-state index contributed by atoms with van der Waals surface area (Å²) in [6.07, 6.45) is 8.41. The van der Waals surface area contributed by atoms with E-state index < -0.39 is 16.9 Å². The van der Waals surface area contributed by atoms with Crippen LogP contribution in [0.3, 0.4) is 0 Å². The molecule has 0 fully saturated rings. The minimum Gasteiger partial charge on any atom is -0.311 e. The highest BCUT2D eigenvalue weighted by molar-refractivity contribution is 5.70. The average Bonchev–Trinajstić information content (AvgIpc) is 3.17. The zero-order valence-electron chi connectivity index (χ0n) is 19.8. The van der Waals surface area contributed by atoms with Gasteiger partial charge in [-0.25, -0.2) is 14.0 Å². The van der Waals surface area contributed by atoms with E-state index in [0.29, 0.717) is 12.2 Å². The van der Waals surface area contributed by atoms with Crippen molar-refractivity contribution < 1.29 is 0 Å². The second kappa shape index (κ2) is 8.35. The van der Waals surface area contributed by atoms with E-state index in [1.54, 1.807) is 6.20 Å². The first-order chi connectivity index (χ1) is 15.5. The van der Waals surface area contributed by atoms with E-state index in [2.05, 4.69) is 87.1 Å². The summed E-state index contributed by atoms with van der Waals surface area (Å²) >= 11 is 0. The van der Waals surface area contributed by atoms with Crippen LogP contribution in [-0.4, -0.2) is 18.9 Å². The summed E-state index contributed by atoms with van der Waals surface area (Å²) < 4.78 is 3.27. The molecule has 6 heteroatoms. The van der Waals surface area contributed by atoms with Crippen LogP contribution in [0.5, 0.6) is 0 Å². The number of rotatable bonds is 5. The fraction of sp³-hybridized carbons (Fsp3) is 0.296. The summed E-state index contributed by atoms with van der Waals surface area (Å²) in [7, 11) is 0. The molecule has 2 aromatic carbocycles. The van der Waals surface area contributed by atoms with Crippen LogP contribution in [0, 0.1) is 0 Å². The molecular weight excluding hydrogens is 412 g/mol. The second-order valence-corrected chi connectivity index (χ2v) is 10.1. The van der Waals surface area contributed by atoms with Gasteiger partial charge in [0.25, 0.3) is 0 Å². The Morgan fingerprint density at radius 3 is 2.30 bits per heavy atom. The van der Waals surface area contributed by atoms with Gasteiger partial charge in [-0.05, 0) is 47.9 Å². The standard InChI is InChI=1S/C27H30N4O2/c1-26(2,3)22-14-13-20(12-11-19-9-7-6-8-10-19)17-21(22)18-27(4,5)31-16-15-30-24(31)28-23(32)29-25(30)33/h6-17H,18H2,1-5H3,(H,29,32,33)/b12-11+. The van der Waals surface area contributed by atoms with Crippen molar-refractivity contribution in [3.63, 3.8) is 0 Å². The number of imidazole rings is 1. The van der Waals surface area contributed by atoms with E-state index in [1.165, 1.54) is 15.5 Å². The summed E-state index contributed by atoms with van der Waals surface area (Å²) in [5, 5.41) is 0. The first-order valence-corrected chi connectivity index (χ1v) is 11.1. The van der Waals surface area contributed by atoms with Gasteiger partial charge < -0.3 is 4.57 Å². The molecule has 0 aliphatic carbocycles. The van der Waals surface area contributed by atoms with E-state index >= 15 is 0 Å². The molecular formula is C27H30N4O2. The quantitative estimate of drug-likeness (QED) is 0.458. The van der Waals surface area contributed by atoms with Gasteiger partial charge >= 0.3 is 11.4 Å². The highest BCUT2D eigenvalue weighted by Crippen LogP contribution is 2.32. The highest BCUT2D eigenvalue weighted by atomic mass is 16.2. The average molecular weight is 443 g/mol. The van der Waals surface area contributed by atoms with E-state index in [1.807, 2.05) is 29.0 Å². The molecule has 0 saturated heterocycles. The van der Waals surface area contributed by atoms with Crippen LogP contribution in [-0.2, 0) is 17.4 Å². The fourth-order valence-electron chi connectivity index (χ4n) is 4.30. The third kappa shape index (κ3) is 4.75. The van der Waals surface area contributed by atoms with Crippen LogP contribution in [0.4, 0.5) is 0 Å². The summed E-state index contributed by atoms with van der Waals surface area (Å²) in [6.45, 7) is 10.8. The van der Waals surface area contributed by atoms with E-state index in [4.69, 9.17) is 0 Å². The number of nitrogens with one attached hydrogen (secondary N) is 1. The smallest absolute Gasteiger partial charge is 0.311 e. The largest absolute Gasteiger partial charge is 0.352 e. The molecule has 0 bridgehead atoms. The Balaban J connectivity index is 1.76. The van der Waals surface area contributed by atoms with Crippen molar-refractivity contribution in [3.8, 4) is 0 Å². The highest BCUT2D eigenvalue weighted by Gasteiger charge is 2.27. The maximum atomic E-state index is 12.2. The van der Waals surface area contributed by atoms with Crippen molar-refractivity contribution in [1.29, 1.82) is 0 Å². The predicted molar refractivity (Wildman–Crippen MR) is 134 cm³/mol. The molecule has 4 rings (SSSR count). The fourth-order valence-corrected chi connectivity index (χ4v) is 4.30. The molecule has 0 spiro atoms. The summed E-state index contributed by atoms with van der Waals surface area (Å²) in [5.41, 5.74) is 3.19. The number of aromatic nitrogens is 4. The van der Waals surface area contributed by atoms with Crippen molar-refractivity contribution in [2.24, 2.45) is 0 Å². The van der Waals surface area contributed by atoms with Crippen molar-refractivity contribution in [3.05, 3.63) is 104 Å². The molecule has 0 amide bonds. The maximum absolute atomic E-state index is 12.2. The Labute approximate surface area is 193 Å². The molecule has 0 unspecified atom stereocenters. The topological polar surface area (TPSA) is 72.2 Å². The second-order valence-electron chi connectivity index (χ2n) is 10.1. The zero-order valence-corrected chi connectivity index (χ0v) is 19.8. The Morgan fingerprint density at radius 2 is 1.61 bits per heavy atom. The number of H-pyrrole nitrogens is 1. The first kappa shape index (κ1) is 22.5. The third-order valence-corrected chi connectivity index (χ3v) is 5.91. The van der Waals surface area contributed by atoms with E-state index in [9.17, 15) is 9.59 Å². The van der Waals surface area contributed by atoms with Crippen LogP contribution in [0.2, 0.25) is 0 Å². The molecule has 1 N–H and O–H groups in total. The number of aromatic amines is 1. The van der Waals surface area contributed by atoms with Crippen molar-refractivity contribution in [1.82, 2.24) is 18.9 Å². The maximum Gasteiger partial charge on any atom is 0.352 e. The van der Waals surface area contributed by atoms with Crippen LogP contribution in [0.1, 0.15) is 56.9 Å². The predicted octanol–water partition coefficient (Wildman–Crippen LogP) is 4.63. The minimum absolute atomic E-state index is 0.0296. The molecule has 2 aromatic heterocycles. The Kier molecular flexibility index (Phi) is 5.70. The summed E-state index contributed by atoms with van der Waals surface area (Å²) in [5.74, 6) is 0.339. The SMILES string of the molecule is CC(C)(C)c1ccc(/C=C/c2ccccc2)cc1CC(C)(C)n1ccn2c(=O)[nH]c(=O)nc12. The van der Waals surface area contributed by atoms with Crippen molar-refractivity contribution >= 4 is 17.9 Å². The lowest BCUT2D eigenvalue weighted by Gasteiger charge is -2.31. The lowest BCUT2D eigenvalue weighted by molar-refractivity contribution is 0.357. The lowest BCUT2D eigenvalue weighted by Crippen LogP contribution is -2.33. The normalized spacial score (nSPS) is 12.6. The zero-order chi connectivity index (χ0) is 23.8. The van der Waals surface area contributed by atoms with Gasteiger partial charge in [0.15, 0.2) is 0 Å². The molecule has 0 saturated carbocycles. The number of hydrogen-bond donors (Lipinski definition) is 1. The minimum atomic E-state index is -0.640. The van der Waals surface area contributed by atoms with Gasteiger partial charge in [0.2, 0.25) is 5.78 Å². The Bertz CT molecular complexity index is 1430. The van der Waals surface area contributed by atoms with Gasteiger partial charge in [-0.15, -0.1) is 0 Å². The third-order valence-electron chi connectivity index (χ3n) is 5.91. The monoisotopic (exact) mass is 442 g/mol. The van der Waals surface area contributed by atoms with Gasteiger partial charge in [0.1, 0.15) is 0 Å². The van der Waals surface area contributed by atoms with E-state index in [0.717, 1.165) is 11.1 Å².